The van der Waals surface area contributed by atoms with E-state index in [1.54, 1.807) is 12.3 Å². The van der Waals surface area contributed by atoms with Gasteiger partial charge in [-0.15, -0.1) is 5.10 Å². The van der Waals surface area contributed by atoms with Crippen LogP contribution in [0.15, 0.2) is 30.5 Å². The van der Waals surface area contributed by atoms with Gasteiger partial charge in [-0.3, -0.25) is 0 Å². The number of hydrogen-bond acceptors (Lipinski definition) is 2. The Kier molecular flexibility index (Phi) is 3.59. The topological polar surface area (TPSA) is 30.7 Å². The standard InChI is InChI=1S/C13H14F3N3/c1-9(2)12-8-19(18-17-12)7-10-5-3-4-6-11(10)13(14,15)16/h3-6,8-9H,7H2,1-2H3. The molecule has 1 heterocycles. The molecule has 0 aliphatic carbocycles. The highest BCUT2D eigenvalue weighted by atomic mass is 19.4. The van der Waals surface area contributed by atoms with Crippen molar-refractivity contribution in [2.45, 2.75) is 32.5 Å². The van der Waals surface area contributed by atoms with E-state index < -0.39 is 11.7 Å². The summed E-state index contributed by atoms with van der Waals surface area (Å²) in [5, 5.41) is 7.79. The molecule has 1 aromatic heterocycles. The highest BCUT2D eigenvalue weighted by Gasteiger charge is 2.32. The van der Waals surface area contributed by atoms with Crippen LogP contribution in [0.1, 0.15) is 36.6 Å². The second kappa shape index (κ2) is 5.03. The van der Waals surface area contributed by atoms with Gasteiger partial charge in [0.05, 0.1) is 17.8 Å². The number of aromatic nitrogens is 3. The number of hydrogen-bond donors (Lipinski definition) is 0. The monoisotopic (exact) mass is 269 g/mol. The minimum absolute atomic E-state index is 0.0649. The Bertz CT molecular complexity index is 558. The molecule has 0 fully saturated rings. The van der Waals surface area contributed by atoms with Crippen molar-refractivity contribution in [3.63, 3.8) is 0 Å². The molecule has 0 radical (unpaired) electrons. The van der Waals surface area contributed by atoms with Crippen LogP contribution in [0, 0.1) is 0 Å². The smallest absolute Gasteiger partial charge is 0.248 e. The molecule has 2 rings (SSSR count). The van der Waals surface area contributed by atoms with E-state index >= 15 is 0 Å². The number of alkyl halides is 3. The Balaban J connectivity index is 2.28. The first-order valence-electron chi connectivity index (χ1n) is 5.93. The third kappa shape index (κ3) is 3.13. The van der Waals surface area contributed by atoms with E-state index in [0.717, 1.165) is 11.8 Å². The predicted molar refractivity (Wildman–Crippen MR) is 64.7 cm³/mol. The maximum atomic E-state index is 12.8. The Morgan fingerprint density at radius 1 is 1.21 bits per heavy atom. The first-order valence-corrected chi connectivity index (χ1v) is 5.93. The average Bonchev–Trinajstić information content (AvgIpc) is 2.77. The van der Waals surface area contributed by atoms with E-state index in [1.165, 1.54) is 16.8 Å². The molecule has 0 N–H and O–H groups in total. The Labute approximate surface area is 109 Å². The summed E-state index contributed by atoms with van der Waals surface area (Å²) in [6.07, 6.45) is -2.67. The lowest BCUT2D eigenvalue weighted by atomic mass is 10.1. The van der Waals surface area contributed by atoms with Crippen molar-refractivity contribution in [1.29, 1.82) is 0 Å². The zero-order chi connectivity index (χ0) is 14.0. The van der Waals surface area contributed by atoms with Gasteiger partial charge in [0.2, 0.25) is 0 Å². The molecule has 0 spiro atoms. The van der Waals surface area contributed by atoms with E-state index in [0.29, 0.717) is 0 Å². The largest absolute Gasteiger partial charge is 0.416 e. The molecular weight excluding hydrogens is 255 g/mol. The van der Waals surface area contributed by atoms with Crippen molar-refractivity contribution in [2.24, 2.45) is 0 Å². The summed E-state index contributed by atoms with van der Waals surface area (Å²) in [7, 11) is 0. The Morgan fingerprint density at radius 2 is 1.89 bits per heavy atom. The van der Waals surface area contributed by atoms with Crippen LogP contribution in [0.3, 0.4) is 0 Å². The first kappa shape index (κ1) is 13.6. The van der Waals surface area contributed by atoms with Gasteiger partial charge >= 0.3 is 6.18 Å². The molecule has 2 aromatic rings. The molecule has 102 valence electrons. The number of halogens is 3. The van der Waals surface area contributed by atoms with Crippen LogP contribution in [-0.4, -0.2) is 15.0 Å². The van der Waals surface area contributed by atoms with Gasteiger partial charge in [-0.25, -0.2) is 4.68 Å². The zero-order valence-electron chi connectivity index (χ0n) is 10.6. The molecule has 0 saturated heterocycles. The summed E-state index contributed by atoms with van der Waals surface area (Å²) in [4.78, 5) is 0. The molecule has 0 amide bonds. The fourth-order valence-corrected chi connectivity index (χ4v) is 1.76. The fourth-order valence-electron chi connectivity index (χ4n) is 1.76. The lowest BCUT2D eigenvalue weighted by molar-refractivity contribution is -0.138. The second-order valence-electron chi connectivity index (χ2n) is 4.65. The molecule has 19 heavy (non-hydrogen) atoms. The second-order valence-corrected chi connectivity index (χ2v) is 4.65. The zero-order valence-corrected chi connectivity index (χ0v) is 10.6. The molecule has 0 bridgehead atoms. The Hall–Kier alpha value is -1.85. The summed E-state index contributed by atoms with van der Waals surface area (Å²) < 4.78 is 39.9. The van der Waals surface area contributed by atoms with E-state index in [4.69, 9.17) is 0 Å². The van der Waals surface area contributed by atoms with Crippen LogP contribution in [0.25, 0.3) is 0 Å². The highest BCUT2D eigenvalue weighted by Crippen LogP contribution is 2.32. The van der Waals surface area contributed by atoms with Crippen LogP contribution in [0.4, 0.5) is 13.2 Å². The molecular formula is C13H14F3N3. The van der Waals surface area contributed by atoms with Crippen molar-refractivity contribution in [2.75, 3.05) is 0 Å². The van der Waals surface area contributed by atoms with Crippen LogP contribution in [-0.2, 0) is 12.7 Å². The van der Waals surface area contributed by atoms with Crippen molar-refractivity contribution >= 4 is 0 Å². The molecule has 0 aliphatic heterocycles. The normalized spacial score (nSPS) is 12.1. The van der Waals surface area contributed by atoms with Crippen LogP contribution >= 0.6 is 0 Å². The molecule has 6 heteroatoms. The highest BCUT2D eigenvalue weighted by molar-refractivity contribution is 5.29. The van der Waals surface area contributed by atoms with Crippen molar-refractivity contribution < 1.29 is 13.2 Å². The van der Waals surface area contributed by atoms with Crippen molar-refractivity contribution in [3.8, 4) is 0 Å². The third-order valence-electron chi connectivity index (χ3n) is 2.80. The van der Waals surface area contributed by atoms with E-state index in [2.05, 4.69) is 10.3 Å². The first-order chi connectivity index (χ1) is 8.88. The summed E-state index contributed by atoms with van der Waals surface area (Å²) in [6, 6.07) is 5.51. The summed E-state index contributed by atoms with van der Waals surface area (Å²) in [6.45, 7) is 3.98. The molecule has 0 saturated carbocycles. The predicted octanol–water partition coefficient (Wildman–Crippen LogP) is 3.47. The number of benzene rings is 1. The summed E-state index contributed by atoms with van der Waals surface area (Å²) in [5.74, 6) is 0.201. The molecule has 0 unspecified atom stereocenters. The molecule has 3 nitrogen and oxygen atoms in total. The van der Waals surface area contributed by atoms with Gasteiger partial charge in [-0.05, 0) is 17.5 Å². The maximum Gasteiger partial charge on any atom is 0.416 e. The minimum atomic E-state index is -4.35. The fraction of sp³-hybridized carbons (Fsp3) is 0.385. The van der Waals surface area contributed by atoms with E-state index in [-0.39, 0.29) is 18.0 Å². The average molecular weight is 269 g/mol. The number of rotatable bonds is 3. The van der Waals surface area contributed by atoms with Crippen molar-refractivity contribution in [1.82, 2.24) is 15.0 Å². The lowest BCUT2D eigenvalue weighted by Crippen LogP contribution is -2.11. The van der Waals surface area contributed by atoms with Gasteiger partial charge in [0.15, 0.2) is 0 Å². The Morgan fingerprint density at radius 3 is 2.47 bits per heavy atom. The van der Waals surface area contributed by atoms with Crippen LogP contribution in [0.5, 0.6) is 0 Å². The lowest BCUT2D eigenvalue weighted by Gasteiger charge is -2.12. The quantitative estimate of drug-likeness (QED) is 0.854. The molecule has 0 aliphatic rings. The van der Waals surface area contributed by atoms with E-state index in [9.17, 15) is 13.2 Å². The van der Waals surface area contributed by atoms with Gasteiger partial charge in [-0.1, -0.05) is 37.3 Å². The molecule has 1 aromatic carbocycles. The van der Waals surface area contributed by atoms with Gasteiger partial charge in [0.1, 0.15) is 0 Å². The van der Waals surface area contributed by atoms with E-state index in [1.807, 2.05) is 13.8 Å². The minimum Gasteiger partial charge on any atom is -0.248 e. The van der Waals surface area contributed by atoms with Gasteiger partial charge in [0.25, 0.3) is 0 Å². The van der Waals surface area contributed by atoms with Gasteiger partial charge in [-0.2, -0.15) is 13.2 Å². The van der Waals surface area contributed by atoms with Crippen LogP contribution < -0.4 is 0 Å². The SMILES string of the molecule is CC(C)c1cn(Cc2ccccc2C(F)(F)F)nn1. The van der Waals surface area contributed by atoms with Crippen LogP contribution in [0.2, 0.25) is 0 Å². The molecule has 0 atom stereocenters. The maximum absolute atomic E-state index is 12.8. The number of nitrogens with zero attached hydrogens (tertiary/aromatic N) is 3. The summed E-state index contributed by atoms with van der Waals surface area (Å²) in [5.41, 5.74) is 0.330. The third-order valence-corrected chi connectivity index (χ3v) is 2.80. The summed E-state index contributed by atoms with van der Waals surface area (Å²) >= 11 is 0. The van der Waals surface area contributed by atoms with Gasteiger partial charge in [0, 0.05) is 6.20 Å². The van der Waals surface area contributed by atoms with Gasteiger partial charge < -0.3 is 0 Å². The van der Waals surface area contributed by atoms with Crippen molar-refractivity contribution in [3.05, 3.63) is 47.3 Å².